The van der Waals surface area contributed by atoms with Crippen LogP contribution in [0.1, 0.15) is 10.4 Å². The molecule has 0 fully saturated rings. The number of para-hydroxylation sites is 1. The summed E-state index contributed by atoms with van der Waals surface area (Å²) in [5, 5.41) is 2.54. The van der Waals surface area contributed by atoms with Gasteiger partial charge in [-0.15, -0.1) is 0 Å². The molecule has 8 nitrogen and oxygen atoms in total. The number of nitrogens with zero attached hydrogens (tertiary/aromatic N) is 4. The lowest BCUT2D eigenvalue weighted by Crippen LogP contribution is -2.17. The van der Waals surface area contributed by atoms with Crippen molar-refractivity contribution >= 4 is 34.3 Å². The van der Waals surface area contributed by atoms with Gasteiger partial charge in [0.2, 0.25) is 0 Å². The number of anilines is 2. The van der Waals surface area contributed by atoms with Gasteiger partial charge in [0.25, 0.3) is 5.91 Å². The summed E-state index contributed by atoms with van der Waals surface area (Å²) in [6, 6.07) is 22.4. The molecule has 5 aromatic rings. The van der Waals surface area contributed by atoms with Crippen molar-refractivity contribution in [1.29, 1.82) is 0 Å². The molecule has 1 amide bonds. The Bertz CT molecular complexity index is 1670. The number of carbonyl (C=O) groups excluding carboxylic acids is 1. The van der Waals surface area contributed by atoms with Gasteiger partial charge < -0.3 is 16.8 Å². The number of hydrogen-bond acceptors (Lipinski definition) is 6. The highest BCUT2D eigenvalue weighted by Crippen LogP contribution is 2.33. The summed E-state index contributed by atoms with van der Waals surface area (Å²) in [4.78, 5) is 24.6. The average molecular weight is 516 g/mol. The molecule has 0 saturated carbocycles. The van der Waals surface area contributed by atoms with E-state index in [9.17, 15) is 4.79 Å². The number of pyridine rings is 2. The highest BCUT2D eigenvalue weighted by Gasteiger charge is 2.18. The van der Waals surface area contributed by atoms with Crippen LogP contribution >= 0.6 is 0 Å². The predicted octanol–water partition coefficient (Wildman–Crippen LogP) is 5.58. The number of nitrogens with one attached hydrogen (secondary N) is 1. The zero-order valence-electron chi connectivity index (χ0n) is 21.6. The lowest BCUT2D eigenvalue weighted by molar-refractivity contribution is 0.0963. The fourth-order valence-corrected chi connectivity index (χ4v) is 3.99. The zero-order valence-corrected chi connectivity index (χ0v) is 21.6. The van der Waals surface area contributed by atoms with E-state index in [1.165, 1.54) is 0 Å². The topological polar surface area (TPSA) is 125 Å². The highest BCUT2D eigenvalue weighted by molar-refractivity contribution is 5.94. The summed E-state index contributed by atoms with van der Waals surface area (Å²) < 4.78 is 1.90. The number of benzene rings is 2. The van der Waals surface area contributed by atoms with Gasteiger partial charge in [-0.2, -0.15) is 0 Å². The fraction of sp³-hybridized carbons (Fsp3) is 0.0323. The number of nitrogens with two attached hydrogens (primary N) is 2. The first-order chi connectivity index (χ1) is 19.0. The number of nitrogen functional groups attached to an aromatic ring is 2. The lowest BCUT2D eigenvalue weighted by Gasteiger charge is -2.10. The van der Waals surface area contributed by atoms with Crippen molar-refractivity contribution < 1.29 is 4.79 Å². The van der Waals surface area contributed by atoms with Gasteiger partial charge >= 0.3 is 0 Å². The average Bonchev–Trinajstić information content (AvgIpc) is 3.35. The zero-order chi connectivity index (χ0) is 27.8. The van der Waals surface area contributed by atoms with Crippen molar-refractivity contribution in [2.45, 2.75) is 0 Å². The van der Waals surface area contributed by atoms with Gasteiger partial charge in [-0.25, -0.2) is 15.0 Å². The van der Waals surface area contributed by atoms with Crippen molar-refractivity contribution in [3.63, 3.8) is 0 Å². The van der Waals surface area contributed by atoms with Crippen molar-refractivity contribution in [1.82, 2.24) is 24.8 Å². The number of rotatable bonds is 6. The molecule has 0 atom stereocenters. The summed E-state index contributed by atoms with van der Waals surface area (Å²) in [6.45, 7) is 7.71. The summed E-state index contributed by atoms with van der Waals surface area (Å²) in [5.74, 6) is 0.975. The largest absolute Gasteiger partial charge is 0.398 e. The summed E-state index contributed by atoms with van der Waals surface area (Å²) in [6.07, 6.45) is 8.70. The van der Waals surface area contributed by atoms with Crippen LogP contribution in [0.3, 0.4) is 0 Å². The maximum absolute atomic E-state index is 10.9. The van der Waals surface area contributed by atoms with Gasteiger partial charge in [-0.3, -0.25) is 9.36 Å². The van der Waals surface area contributed by atoms with Crippen LogP contribution < -0.4 is 16.8 Å². The summed E-state index contributed by atoms with van der Waals surface area (Å²) in [7, 11) is 1.62. The second-order valence-electron chi connectivity index (χ2n) is 8.34. The molecule has 194 valence electrons. The highest BCUT2D eigenvalue weighted by atomic mass is 16.1. The minimum absolute atomic E-state index is 0.0411. The smallest absolute Gasteiger partial charge is 0.251 e. The Morgan fingerprint density at radius 2 is 1.67 bits per heavy atom. The van der Waals surface area contributed by atoms with E-state index >= 15 is 0 Å². The van der Waals surface area contributed by atoms with Crippen LogP contribution in [-0.4, -0.2) is 32.5 Å². The predicted molar refractivity (Wildman–Crippen MR) is 160 cm³/mol. The van der Waals surface area contributed by atoms with Crippen molar-refractivity contribution in [3.8, 4) is 22.5 Å². The first-order valence-electron chi connectivity index (χ1n) is 12.1. The first-order valence-corrected chi connectivity index (χ1v) is 12.1. The van der Waals surface area contributed by atoms with E-state index in [4.69, 9.17) is 16.5 Å². The molecule has 5 rings (SSSR count). The molecule has 0 spiro atoms. The molecule has 39 heavy (non-hydrogen) atoms. The maximum Gasteiger partial charge on any atom is 0.251 e. The number of fused-ring (bicyclic) bond motifs is 1. The molecule has 8 heteroatoms. The van der Waals surface area contributed by atoms with E-state index in [0.717, 1.165) is 16.8 Å². The Morgan fingerprint density at radius 3 is 2.33 bits per heavy atom. The monoisotopic (exact) mass is 515 g/mol. The molecule has 0 bridgehead atoms. The third-order valence-corrected chi connectivity index (χ3v) is 5.87. The number of amides is 1. The van der Waals surface area contributed by atoms with Crippen molar-refractivity contribution in [3.05, 3.63) is 122 Å². The Balaban J connectivity index is 0.000000298. The normalized spacial score (nSPS) is 10.8. The summed E-state index contributed by atoms with van der Waals surface area (Å²) in [5.41, 5.74) is 18.3. The second kappa shape index (κ2) is 12.2. The summed E-state index contributed by atoms with van der Waals surface area (Å²) >= 11 is 0. The van der Waals surface area contributed by atoms with Gasteiger partial charge in [0.1, 0.15) is 11.3 Å². The quantitative estimate of drug-likeness (QED) is 0.200. The van der Waals surface area contributed by atoms with Crippen LogP contribution in [0.5, 0.6) is 0 Å². The van der Waals surface area contributed by atoms with Crippen LogP contribution in [0, 0.1) is 0 Å². The van der Waals surface area contributed by atoms with Gasteiger partial charge in [-0.05, 0) is 48.6 Å². The van der Waals surface area contributed by atoms with E-state index in [-0.39, 0.29) is 5.91 Å². The molecule has 0 saturated heterocycles. The SMILES string of the molecule is C=C/C=C(\C=C)n1c(-c2cccnc2N)nc2cc(-c3ccccc3N)cnc21.CNC(=O)c1ccccc1. The first kappa shape index (κ1) is 26.6. The molecule has 3 aromatic heterocycles. The number of carbonyl (C=O) groups is 1. The molecule has 5 N–H and O–H groups in total. The number of allylic oxidation sites excluding steroid dienone is 4. The lowest BCUT2D eigenvalue weighted by atomic mass is 10.1. The molecule has 0 radical (unpaired) electrons. The Kier molecular flexibility index (Phi) is 8.28. The third kappa shape index (κ3) is 5.75. The van der Waals surface area contributed by atoms with E-state index in [1.807, 2.05) is 71.3 Å². The fourth-order valence-electron chi connectivity index (χ4n) is 3.99. The van der Waals surface area contributed by atoms with E-state index in [1.54, 1.807) is 43.7 Å². The standard InChI is InChI=1S/C23H20N6.C8H9NO/c1-3-8-16(4-2)29-22(18-10-7-12-26-21(18)25)28-20-13-15(14-27-23(20)29)17-9-5-6-11-19(17)24;1-9-8(10)7-5-3-2-4-6-7/h3-14H,1-2,24H2,(H2,25,26);2-6H,1H3,(H,9,10)/b16-8+;. The van der Waals surface area contributed by atoms with Crippen LogP contribution in [0.15, 0.2) is 117 Å². The van der Waals surface area contributed by atoms with E-state index in [0.29, 0.717) is 39.6 Å². The Hall–Kier alpha value is -5.50. The molecule has 0 aliphatic heterocycles. The maximum atomic E-state index is 10.9. The van der Waals surface area contributed by atoms with Gasteiger partial charge in [0, 0.05) is 47.5 Å². The van der Waals surface area contributed by atoms with Crippen LogP contribution in [0.2, 0.25) is 0 Å². The van der Waals surface area contributed by atoms with Crippen LogP contribution in [0.25, 0.3) is 39.4 Å². The minimum atomic E-state index is -0.0411. The van der Waals surface area contributed by atoms with Crippen LogP contribution in [-0.2, 0) is 0 Å². The molecule has 0 unspecified atom stereocenters. The molecular weight excluding hydrogens is 486 g/mol. The third-order valence-electron chi connectivity index (χ3n) is 5.87. The Labute approximate surface area is 227 Å². The van der Waals surface area contributed by atoms with E-state index < -0.39 is 0 Å². The number of imidazole rings is 1. The Morgan fingerprint density at radius 1 is 0.949 bits per heavy atom. The van der Waals surface area contributed by atoms with Crippen molar-refractivity contribution in [2.75, 3.05) is 18.5 Å². The molecular formula is C31H29N7O. The molecule has 3 heterocycles. The number of hydrogen-bond donors (Lipinski definition) is 3. The van der Waals surface area contributed by atoms with Crippen LogP contribution in [0.4, 0.5) is 11.5 Å². The second-order valence-corrected chi connectivity index (χ2v) is 8.34. The van der Waals surface area contributed by atoms with Crippen molar-refractivity contribution in [2.24, 2.45) is 0 Å². The number of aromatic nitrogens is 4. The van der Waals surface area contributed by atoms with Gasteiger partial charge in [-0.1, -0.05) is 55.6 Å². The molecule has 2 aromatic carbocycles. The minimum Gasteiger partial charge on any atom is -0.398 e. The molecule has 0 aliphatic carbocycles. The van der Waals surface area contributed by atoms with Gasteiger partial charge in [0.15, 0.2) is 11.5 Å². The van der Waals surface area contributed by atoms with E-state index in [2.05, 4.69) is 28.4 Å². The van der Waals surface area contributed by atoms with Gasteiger partial charge in [0.05, 0.1) is 5.56 Å². The molecule has 0 aliphatic rings.